The lowest BCUT2D eigenvalue weighted by Gasteiger charge is -1.98. The molecule has 0 spiro atoms. The number of nitrogens with two attached hydrogens (primary N) is 1. The number of halogens is 1. The van der Waals surface area contributed by atoms with E-state index in [0.717, 1.165) is 11.1 Å². The number of nitrogen functional groups attached to an aromatic ring is 1. The molecule has 0 aliphatic carbocycles. The van der Waals surface area contributed by atoms with Crippen LogP contribution in [-0.4, -0.2) is 10.2 Å². The number of anilines is 1. The van der Waals surface area contributed by atoms with E-state index in [-0.39, 0.29) is 0 Å². The van der Waals surface area contributed by atoms with Crippen LogP contribution < -0.4 is 5.73 Å². The summed E-state index contributed by atoms with van der Waals surface area (Å²) in [5, 5.41) is 8.78. The monoisotopic (exact) mass is 285 g/mol. The zero-order valence-electron chi connectivity index (χ0n) is 10.6. The molecular formula is C15H12ClN3O. The van der Waals surface area contributed by atoms with Gasteiger partial charge in [0.25, 0.3) is 0 Å². The quantitative estimate of drug-likeness (QED) is 0.747. The normalized spacial score (nSPS) is 10.7. The van der Waals surface area contributed by atoms with Crippen molar-refractivity contribution in [2.45, 2.75) is 6.42 Å². The molecule has 5 heteroatoms. The van der Waals surface area contributed by atoms with Crippen LogP contribution in [0.4, 0.5) is 5.69 Å². The molecule has 0 unspecified atom stereocenters. The SMILES string of the molecule is Nc1cccc(-c2nnc(Cc3cccc(Cl)c3)o2)c1. The zero-order valence-corrected chi connectivity index (χ0v) is 11.3. The minimum atomic E-state index is 0.467. The Bertz CT molecular complexity index is 739. The number of hydrogen-bond acceptors (Lipinski definition) is 4. The van der Waals surface area contributed by atoms with Crippen molar-refractivity contribution in [1.82, 2.24) is 10.2 Å². The Kier molecular flexibility index (Phi) is 3.39. The minimum absolute atomic E-state index is 0.467. The van der Waals surface area contributed by atoms with Crippen LogP contribution in [-0.2, 0) is 6.42 Å². The summed E-state index contributed by atoms with van der Waals surface area (Å²) in [6.45, 7) is 0. The molecule has 3 rings (SSSR count). The van der Waals surface area contributed by atoms with Crippen LogP contribution >= 0.6 is 11.6 Å². The van der Waals surface area contributed by atoms with E-state index in [2.05, 4.69) is 10.2 Å². The molecule has 0 amide bonds. The summed E-state index contributed by atoms with van der Waals surface area (Å²) in [6, 6.07) is 14.9. The first-order chi connectivity index (χ1) is 9.70. The van der Waals surface area contributed by atoms with E-state index in [9.17, 15) is 0 Å². The maximum atomic E-state index is 5.95. The van der Waals surface area contributed by atoms with Crippen molar-refractivity contribution in [2.24, 2.45) is 0 Å². The van der Waals surface area contributed by atoms with Gasteiger partial charge in [-0.05, 0) is 35.9 Å². The van der Waals surface area contributed by atoms with E-state index in [1.165, 1.54) is 0 Å². The van der Waals surface area contributed by atoms with Gasteiger partial charge >= 0.3 is 0 Å². The van der Waals surface area contributed by atoms with Gasteiger partial charge in [-0.25, -0.2) is 0 Å². The Balaban J connectivity index is 1.84. The highest BCUT2D eigenvalue weighted by Crippen LogP contribution is 2.21. The fourth-order valence-corrected chi connectivity index (χ4v) is 2.15. The van der Waals surface area contributed by atoms with Crippen LogP contribution in [0.3, 0.4) is 0 Å². The summed E-state index contributed by atoms with van der Waals surface area (Å²) in [6.07, 6.45) is 0.551. The maximum absolute atomic E-state index is 5.95. The van der Waals surface area contributed by atoms with Crippen molar-refractivity contribution in [3.63, 3.8) is 0 Å². The number of nitrogens with zero attached hydrogens (tertiary/aromatic N) is 2. The van der Waals surface area contributed by atoms with E-state index in [4.69, 9.17) is 21.8 Å². The van der Waals surface area contributed by atoms with E-state index in [1.54, 1.807) is 6.07 Å². The average Bonchev–Trinajstić information content (AvgIpc) is 2.87. The third-order valence-electron chi connectivity index (χ3n) is 2.84. The molecule has 4 nitrogen and oxygen atoms in total. The summed E-state index contributed by atoms with van der Waals surface area (Å²) < 4.78 is 5.65. The number of hydrogen-bond donors (Lipinski definition) is 1. The fraction of sp³-hybridized carbons (Fsp3) is 0.0667. The van der Waals surface area contributed by atoms with Crippen LogP contribution in [0.25, 0.3) is 11.5 Å². The molecule has 1 aromatic heterocycles. The predicted molar refractivity (Wildman–Crippen MR) is 78.4 cm³/mol. The molecule has 3 aromatic rings. The Morgan fingerprint density at radius 2 is 1.90 bits per heavy atom. The van der Waals surface area contributed by atoms with Gasteiger partial charge in [-0.3, -0.25) is 0 Å². The second kappa shape index (κ2) is 5.35. The standard InChI is InChI=1S/C15H12ClN3O/c16-12-5-1-3-10(7-12)8-14-18-19-15(20-14)11-4-2-6-13(17)9-11/h1-7,9H,8,17H2. The average molecular weight is 286 g/mol. The molecular weight excluding hydrogens is 274 g/mol. The maximum Gasteiger partial charge on any atom is 0.247 e. The van der Waals surface area contributed by atoms with Crippen molar-refractivity contribution >= 4 is 17.3 Å². The first-order valence-corrected chi connectivity index (χ1v) is 6.51. The lowest BCUT2D eigenvalue weighted by molar-refractivity contribution is 0.518. The molecule has 0 fully saturated rings. The third-order valence-corrected chi connectivity index (χ3v) is 3.08. The van der Waals surface area contributed by atoms with Gasteiger partial charge in [-0.15, -0.1) is 10.2 Å². The minimum Gasteiger partial charge on any atom is -0.420 e. The third kappa shape index (κ3) is 2.81. The lowest BCUT2D eigenvalue weighted by Crippen LogP contribution is -1.87. The summed E-state index contributed by atoms with van der Waals surface area (Å²) in [5.74, 6) is 1.01. The van der Waals surface area contributed by atoms with Crippen molar-refractivity contribution in [2.75, 3.05) is 5.73 Å². The Hall–Kier alpha value is -2.33. The highest BCUT2D eigenvalue weighted by molar-refractivity contribution is 6.30. The topological polar surface area (TPSA) is 64.9 Å². The molecule has 0 aliphatic heterocycles. The van der Waals surface area contributed by atoms with Crippen LogP contribution in [0, 0.1) is 0 Å². The molecule has 100 valence electrons. The molecule has 0 aliphatic rings. The summed E-state index contributed by atoms with van der Waals surface area (Å²) in [7, 11) is 0. The highest BCUT2D eigenvalue weighted by Gasteiger charge is 2.09. The van der Waals surface area contributed by atoms with Gasteiger partial charge in [0.2, 0.25) is 11.8 Å². The van der Waals surface area contributed by atoms with Gasteiger partial charge in [0.05, 0.1) is 6.42 Å². The largest absolute Gasteiger partial charge is 0.420 e. The second-order valence-corrected chi connectivity index (χ2v) is 4.87. The Morgan fingerprint density at radius 3 is 2.70 bits per heavy atom. The number of benzene rings is 2. The van der Waals surface area contributed by atoms with Crippen LogP contribution in [0.1, 0.15) is 11.5 Å². The van der Waals surface area contributed by atoms with Gasteiger partial charge in [0.15, 0.2) is 0 Å². The summed E-state index contributed by atoms with van der Waals surface area (Å²) in [5.41, 5.74) is 8.25. The number of aromatic nitrogens is 2. The summed E-state index contributed by atoms with van der Waals surface area (Å²) >= 11 is 5.95. The first kappa shape index (κ1) is 12.7. The van der Waals surface area contributed by atoms with Crippen molar-refractivity contribution in [1.29, 1.82) is 0 Å². The summed E-state index contributed by atoms with van der Waals surface area (Å²) in [4.78, 5) is 0. The van der Waals surface area contributed by atoms with E-state index in [1.807, 2.05) is 42.5 Å². The van der Waals surface area contributed by atoms with Gasteiger partial charge < -0.3 is 10.2 Å². The van der Waals surface area contributed by atoms with Crippen molar-refractivity contribution in [3.05, 3.63) is 65.0 Å². The molecule has 0 atom stereocenters. The van der Waals surface area contributed by atoms with E-state index in [0.29, 0.717) is 28.9 Å². The van der Waals surface area contributed by atoms with E-state index >= 15 is 0 Å². The smallest absolute Gasteiger partial charge is 0.247 e. The van der Waals surface area contributed by atoms with Crippen LogP contribution in [0.5, 0.6) is 0 Å². The molecule has 1 heterocycles. The zero-order chi connectivity index (χ0) is 13.9. The number of rotatable bonds is 3. The second-order valence-electron chi connectivity index (χ2n) is 4.43. The molecule has 0 saturated heterocycles. The molecule has 20 heavy (non-hydrogen) atoms. The van der Waals surface area contributed by atoms with Crippen LogP contribution in [0.2, 0.25) is 5.02 Å². The van der Waals surface area contributed by atoms with Gasteiger partial charge in [-0.2, -0.15) is 0 Å². The Labute approximate surface area is 121 Å². The Morgan fingerprint density at radius 1 is 1.05 bits per heavy atom. The highest BCUT2D eigenvalue weighted by atomic mass is 35.5. The predicted octanol–water partition coefficient (Wildman–Crippen LogP) is 3.56. The van der Waals surface area contributed by atoms with Crippen molar-refractivity contribution < 1.29 is 4.42 Å². The molecule has 0 radical (unpaired) electrons. The van der Waals surface area contributed by atoms with Crippen molar-refractivity contribution in [3.8, 4) is 11.5 Å². The molecule has 0 saturated carbocycles. The molecule has 2 aromatic carbocycles. The van der Waals surface area contributed by atoms with Gasteiger partial charge in [0, 0.05) is 16.3 Å². The fourth-order valence-electron chi connectivity index (χ4n) is 1.93. The first-order valence-electron chi connectivity index (χ1n) is 6.13. The van der Waals surface area contributed by atoms with Gasteiger partial charge in [-0.1, -0.05) is 29.8 Å². The molecule has 0 bridgehead atoms. The van der Waals surface area contributed by atoms with E-state index < -0.39 is 0 Å². The lowest BCUT2D eigenvalue weighted by atomic mass is 10.1. The van der Waals surface area contributed by atoms with Crippen LogP contribution in [0.15, 0.2) is 52.9 Å². The molecule has 2 N–H and O–H groups in total. The van der Waals surface area contributed by atoms with Gasteiger partial charge in [0.1, 0.15) is 0 Å².